The number of imide groups is 1. The zero-order valence-corrected chi connectivity index (χ0v) is 14.4. The number of nitrogens with one attached hydrogen (secondary N) is 2. The van der Waals surface area contributed by atoms with E-state index in [1.165, 1.54) is 0 Å². The molecule has 3 atom stereocenters. The highest BCUT2D eigenvalue weighted by Crippen LogP contribution is 2.33. The molecule has 0 bridgehead atoms. The summed E-state index contributed by atoms with van der Waals surface area (Å²) in [5.41, 5.74) is 0. The summed E-state index contributed by atoms with van der Waals surface area (Å²) in [6, 6.07) is 0.816. The monoisotopic (exact) mass is 354 g/mol. The van der Waals surface area contributed by atoms with Crippen LogP contribution in [0, 0.1) is 0 Å². The Kier molecular flexibility index (Phi) is 5.27. The SMILES string of the molecule is C/N=C1/N[C@H]2CSC(CCCCC(=O)ON3C(=O)CCC3=O)[C@H]2N1. The van der Waals surface area contributed by atoms with Crippen LogP contribution >= 0.6 is 11.8 Å². The average molecular weight is 354 g/mol. The number of carbonyl (C=O) groups is 3. The van der Waals surface area contributed by atoms with E-state index in [4.69, 9.17) is 4.84 Å². The highest BCUT2D eigenvalue weighted by Gasteiger charge is 2.41. The minimum Gasteiger partial charge on any atom is -0.351 e. The molecule has 3 fully saturated rings. The normalized spacial score (nSPS) is 30.5. The number of carbonyl (C=O) groups excluding carboxylic acids is 3. The van der Waals surface area contributed by atoms with Gasteiger partial charge in [-0.05, 0) is 12.8 Å². The summed E-state index contributed by atoms with van der Waals surface area (Å²) in [5, 5.41) is 7.88. The Morgan fingerprint density at radius 3 is 2.75 bits per heavy atom. The van der Waals surface area contributed by atoms with Gasteiger partial charge >= 0.3 is 5.97 Å². The standard InChI is InChI=1S/C15H22N4O4S/c1-16-15-17-9-8-24-10(14(9)18-15)4-2-3-5-13(22)23-19-11(20)6-7-12(19)21/h9-10,14H,2-8H2,1H3,(H2,16,17,18)/t9-,10?,14-/m0/s1. The lowest BCUT2D eigenvalue weighted by molar-refractivity contribution is -0.197. The van der Waals surface area contributed by atoms with Gasteiger partial charge < -0.3 is 15.5 Å². The van der Waals surface area contributed by atoms with E-state index in [-0.39, 0.29) is 19.3 Å². The molecule has 3 aliphatic heterocycles. The first kappa shape index (κ1) is 17.1. The summed E-state index contributed by atoms with van der Waals surface area (Å²) in [5.74, 6) is 0.531. The molecule has 0 spiro atoms. The zero-order chi connectivity index (χ0) is 17.1. The number of nitrogens with zero attached hydrogens (tertiary/aromatic N) is 2. The minimum absolute atomic E-state index is 0.123. The van der Waals surface area contributed by atoms with E-state index >= 15 is 0 Å². The maximum Gasteiger partial charge on any atom is 0.333 e. The van der Waals surface area contributed by atoms with E-state index in [0.717, 1.165) is 24.6 Å². The number of hydrogen-bond donors (Lipinski definition) is 2. The van der Waals surface area contributed by atoms with Crippen molar-refractivity contribution in [1.82, 2.24) is 15.7 Å². The van der Waals surface area contributed by atoms with Crippen molar-refractivity contribution in [3.63, 3.8) is 0 Å². The maximum absolute atomic E-state index is 11.7. The summed E-state index contributed by atoms with van der Waals surface area (Å²) in [7, 11) is 1.76. The number of unbranched alkanes of at least 4 members (excludes halogenated alkanes) is 1. The molecule has 0 saturated carbocycles. The van der Waals surface area contributed by atoms with Gasteiger partial charge in [0.2, 0.25) is 0 Å². The lowest BCUT2D eigenvalue weighted by Crippen LogP contribution is -2.36. The molecule has 2 N–H and O–H groups in total. The van der Waals surface area contributed by atoms with Gasteiger partial charge in [-0.2, -0.15) is 11.8 Å². The van der Waals surface area contributed by atoms with Crippen molar-refractivity contribution in [2.24, 2.45) is 4.99 Å². The van der Waals surface area contributed by atoms with Crippen LogP contribution in [0.2, 0.25) is 0 Å². The van der Waals surface area contributed by atoms with Crippen LogP contribution in [-0.2, 0) is 19.2 Å². The molecule has 0 aromatic carbocycles. The lowest BCUT2D eigenvalue weighted by atomic mass is 10.0. The van der Waals surface area contributed by atoms with Crippen molar-refractivity contribution in [2.45, 2.75) is 55.9 Å². The topological polar surface area (TPSA) is 100 Å². The van der Waals surface area contributed by atoms with Crippen LogP contribution in [0.4, 0.5) is 0 Å². The second kappa shape index (κ2) is 7.42. The Morgan fingerprint density at radius 1 is 1.29 bits per heavy atom. The molecule has 3 aliphatic rings. The predicted molar refractivity (Wildman–Crippen MR) is 89.1 cm³/mol. The number of rotatable bonds is 6. The van der Waals surface area contributed by atoms with Crippen LogP contribution in [0.15, 0.2) is 4.99 Å². The largest absolute Gasteiger partial charge is 0.351 e. The second-order valence-electron chi connectivity index (χ2n) is 6.16. The van der Waals surface area contributed by atoms with Gasteiger partial charge in [0.15, 0.2) is 5.96 Å². The highest BCUT2D eigenvalue weighted by atomic mass is 32.2. The summed E-state index contributed by atoms with van der Waals surface area (Å²) in [4.78, 5) is 43.5. The molecule has 0 aliphatic carbocycles. The van der Waals surface area contributed by atoms with Crippen LogP contribution in [0.5, 0.6) is 0 Å². The van der Waals surface area contributed by atoms with Gasteiger partial charge in [0, 0.05) is 37.3 Å². The van der Waals surface area contributed by atoms with E-state index in [0.29, 0.717) is 28.8 Å². The van der Waals surface area contributed by atoms with Crippen LogP contribution in [0.25, 0.3) is 0 Å². The number of aliphatic imine (C=N–C) groups is 1. The molecule has 9 heteroatoms. The first-order valence-electron chi connectivity index (χ1n) is 8.26. The fourth-order valence-corrected chi connectivity index (χ4v) is 4.75. The molecular formula is C15H22N4O4S. The first-order chi connectivity index (χ1) is 11.6. The number of hydroxylamine groups is 2. The van der Waals surface area contributed by atoms with Gasteiger partial charge in [-0.1, -0.05) is 6.42 Å². The van der Waals surface area contributed by atoms with E-state index in [1.807, 2.05) is 11.8 Å². The Labute approximate surface area is 144 Å². The Bertz CT molecular complexity index is 552. The summed E-state index contributed by atoms with van der Waals surface area (Å²) in [6.45, 7) is 0. The number of amides is 2. The maximum atomic E-state index is 11.7. The van der Waals surface area contributed by atoms with Gasteiger partial charge in [-0.3, -0.25) is 14.6 Å². The molecule has 0 aromatic rings. The van der Waals surface area contributed by atoms with Gasteiger partial charge in [0.25, 0.3) is 11.8 Å². The zero-order valence-electron chi connectivity index (χ0n) is 13.6. The number of fused-ring (bicyclic) bond motifs is 1. The van der Waals surface area contributed by atoms with E-state index in [1.54, 1.807) is 7.05 Å². The third-order valence-electron chi connectivity index (χ3n) is 4.49. The van der Waals surface area contributed by atoms with Gasteiger partial charge in [0.1, 0.15) is 0 Å². The minimum atomic E-state index is -0.517. The Hall–Kier alpha value is -1.77. The molecule has 3 heterocycles. The molecular weight excluding hydrogens is 332 g/mol. The Balaban J connectivity index is 1.35. The van der Waals surface area contributed by atoms with Crippen LogP contribution in [0.3, 0.4) is 0 Å². The molecule has 3 saturated heterocycles. The summed E-state index contributed by atoms with van der Waals surface area (Å²) >= 11 is 1.94. The van der Waals surface area contributed by atoms with E-state index in [9.17, 15) is 14.4 Å². The smallest absolute Gasteiger partial charge is 0.333 e. The molecule has 8 nitrogen and oxygen atoms in total. The van der Waals surface area contributed by atoms with Gasteiger partial charge in [-0.25, -0.2) is 4.79 Å². The van der Waals surface area contributed by atoms with Crippen molar-refractivity contribution in [1.29, 1.82) is 0 Å². The predicted octanol–water partition coefficient (Wildman–Crippen LogP) is 0.185. The lowest BCUT2D eigenvalue weighted by Gasteiger charge is -2.17. The van der Waals surface area contributed by atoms with Crippen LogP contribution in [-0.4, -0.2) is 58.9 Å². The molecule has 1 unspecified atom stereocenters. The van der Waals surface area contributed by atoms with Gasteiger partial charge in [-0.15, -0.1) is 5.06 Å². The molecule has 3 rings (SSSR count). The number of guanidine groups is 1. The van der Waals surface area contributed by atoms with Gasteiger partial charge in [0.05, 0.1) is 12.1 Å². The third-order valence-corrected chi connectivity index (χ3v) is 6.00. The van der Waals surface area contributed by atoms with Crippen molar-refractivity contribution >= 4 is 35.5 Å². The van der Waals surface area contributed by atoms with E-state index < -0.39 is 17.8 Å². The Morgan fingerprint density at radius 2 is 2.04 bits per heavy atom. The van der Waals surface area contributed by atoms with Crippen molar-refractivity contribution in [2.75, 3.05) is 12.8 Å². The number of hydrogen-bond acceptors (Lipinski definition) is 6. The molecule has 24 heavy (non-hydrogen) atoms. The van der Waals surface area contributed by atoms with Crippen molar-refractivity contribution in [3.8, 4) is 0 Å². The van der Waals surface area contributed by atoms with Crippen molar-refractivity contribution < 1.29 is 19.2 Å². The molecule has 132 valence electrons. The molecule has 2 amide bonds. The quantitative estimate of drug-likeness (QED) is 0.519. The van der Waals surface area contributed by atoms with Crippen molar-refractivity contribution in [3.05, 3.63) is 0 Å². The van der Waals surface area contributed by atoms with E-state index in [2.05, 4.69) is 15.6 Å². The van der Waals surface area contributed by atoms with Crippen LogP contribution < -0.4 is 10.6 Å². The van der Waals surface area contributed by atoms with Crippen LogP contribution in [0.1, 0.15) is 38.5 Å². The molecule has 0 aromatic heterocycles. The fourth-order valence-electron chi connectivity index (χ4n) is 3.21. The summed E-state index contributed by atoms with van der Waals surface area (Å²) in [6.07, 6.45) is 3.06. The highest BCUT2D eigenvalue weighted by molar-refractivity contribution is 8.00. The first-order valence-corrected chi connectivity index (χ1v) is 9.31. The third kappa shape index (κ3) is 3.66. The number of thioether (sulfide) groups is 1. The summed E-state index contributed by atoms with van der Waals surface area (Å²) < 4.78 is 0. The fraction of sp³-hybridized carbons (Fsp3) is 0.733. The average Bonchev–Trinajstić information content (AvgIpc) is 3.22. The second-order valence-corrected chi connectivity index (χ2v) is 7.43. The molecule has 0 radical (unpaired) electrons.